The Morgan fingerprint density at radius 1 is 1.50 bits per heavy atom. The van der Waals surface area contributed by atoms with Gasteiger partial charge in [-0.15, -0.1) is 0 Å². The number of aromatic nitrogens is 2. The average molecular weight is 276 g/mol. The van der Waals surface area contributed by atoms with E-state index in [2.05, 4.69) is 10.4 Å². The number of methoxy groups -OCH3 is 1. The Morgan fingerprint density at radius 2 is 2.25 bits per heavy atom. The van der Waals surface area contributed by atoms with E-state index in [1.165, 1.54) is 12.1 Å². The highest BCUT2D eigenvalue weighted by Crippen LogP contribution is 2.25. The van der Waals surface area contributed by atoms with Crippen LogP contribution in [0.3, 0.4) is 0 Å². The molecule has 20 heavy (non-hydrogen) atoms. The lowest BCUT2D eigenvalue weighted by Gasteiger charge is -2.09. The molecule has 0 spiro atoms. The smallest absolute Gasteiger partial charge is 0.270 e. The molecule has 7 heteroatoms. The van der Waals surface area contributed by atoms with E-state index < -0.39 is 4.92 Å². The van der Waals surface area contributed by atoms with Crippen LogP contribution in [0.5, 0.6) is 5.75 Å². The quantitative estimate of drug-likeness (QED) is 0.669. The maximum absolute atomic E-state index is 10.8. The second-order valence-corrected chi connectivity index (χ2v) is 4.41. The molecule has 2 rings (SSSR count). The first-order valence-electron chi connectivity index (χ1n) is 6.06. The first-order chi connectivity index (χ1) is 9.51. The Morgan fingerprint density at radius 3 is 2.80 bits per heavy atom. The van der Waals surface area contributed by atoms with Crippen molar-refractivity contribution in [3.8, 4) is 5.75 Å². The van der Waals surface area contributed by atoms with Crippen LogP contribution in [-0.4, -0.2) is 21.8 Å². The predicted molar refractivity (Wildman–Crippen MR) is 74.9 cm³/mol. The molecule has 0 aliphatic carbocycles. The van der Waals surface area contributed by atoms with Crippen molar-refractivity contribution in [3.63, 3.8) is 0 Å². The van der Waals surface area contributed by atoms with Crippen LogP contribution in [0.15, 0.2) is 24.4 Å². The zero-order valence-electron chi connectivity index (χ0n) is 11.6. The normalized spacial score (nSPS) is 10.3. The molecule has 0 aliphatic heterocycles. The maximum atomic E-state index is 10.8. The third-order valence-electron chi connectivity index (χ3n) is 2.96. The highest BCUT2D eigenvalue weighted by molar-refractivity contribution is 5.49. The van der Waals surface area contributed by atoms with E-state index in [-0.39, 0.29) is 5.69 Å². The molecule has 0 unspecified atom stereocenters. The fraction of sp³-hybridized carbons (Fsp3) is 0.308. The van der Waals surface area contributed by atoms with Crippen LogP contribution < -0.4 is 10.1 Å². The van der Waals surface area contributed by atoms with Crippen LogP contribution in [0.2, 0.25) is 0 Å². The van der Waals surface area contributed by atoms with Crippen molar-refractivity contribution in [3.05, 3.63) is 45.8 Å². The zero-order valence-corrected chi connectivity index (χ0v) is 11.6. The summed E-state index contributed by atoms with van der Waals surface area (Å²) in [5.74, 6) is 0.615. The van der Waals surface area contributed by atoms with Gasteiger partial charge >= 0.3 is 0 Å². The second-order valence-electron chi connectivity index (χ2n) is 4.41. The van der Waals surface area contributed by atoms with Gasteiger partial charge in [0.25, 0.3) is 5.69 Å². The Hall–Kier alpha value is -2.57. The molecule has 0 aliphatic rings. The van der Waals surface area contributed by atoms with Crippen molar-refractivity contribution < 1.29 is 9.66 Å². The summed E-state index contributed by atoms with van der Waals surface area (Å²) in [4.78, 5) is 10.4. The molecule has 1 heterocycles. The molecule has 1 N–H and O–H groups in total. The number of nitro groups is 1. The van der Waals surface area contributed by atoms with Crippen molar-refractivity contribution in [2.45, 2.75) is 13.5 Å². The van der Waals surface area contributed by atoms with Gasteiger partial charge in [-0.3, -0.25) is 14.8 Å². The van der Waals surface area contributed by atoms with E-state index in [1.54, 1.807) is 17.9 Å². The van der Waals surface area contributed by atoms with Crippen LogP contribution in [0.1, 0.15) is 11.3 Å². The summed E-state index contributed by atoms with van der Waals surface area (Å²) in [6, 6.07) is 4.54. The van der Waals surface area contributed by atoms with Crippen molar-refractivity contribution >= 4 is 11.4 Å². The lowest BCUT2D eigenvalue weighted by Crippen LogP contribution is -2.03. The third kappa shape index (κ3) is 2.87. The molecule has 0 amide bonds. The molecule has 0 atom stereocenters. The molecule has 0 saturated carbocycles. The molecular weight excluding hydrogens is 260 g/mol. The number of nitrogens with one attached hydrogen (secondary N) is 1. The minimum atomic E-state index is -0.418. The Bertz CT molecular complexity index is 637. The summed E-state index contributed by atoms with van der Waals surface area (Å²) in [5, 5.41) is 18.2. The Balaban J connectivity index is 2.21. The van der Waals surface area contributed by atoms with Crippen molar-refractivity contribution in [2.75, 3.05) is 12.4 Å². The van der Waals surface area contributed by atoms with E-state index in [1.807, 2.05) is 20.2 Å². The van der Waals surface area contributed by atoms with E-state index >= 15 is 0 Å². The molecule has 0 saturated heterocycles. The molecule has 1 aromatic carbocycles. The van der Waals surface area contributed by atoms with Gasteiger partial charge in [0.15, 0.2) is 0 Å². The summed E-state index contributed by atoms with van der Waals surface area (Å²) in [7, 11) is 3.38. The molecule has 0 radical (unpaired) electrons. The van der Waals surface area contributed by atoms with Gasteiger partial charge in [0.2, 0.25) is 0 Å². The van der Waals surface area contributed by atoms with E-state index in [0.717, 1.165) is 16.9 Å². The molecule has 0 fully saturated rings. The highest BCUT2D eigenvalue weighted by Gasteiger charge is 2.12. The number of hydrogen-bond donors (Lipinski definition) is 1. The third-order valence-corrected chi connectivity index (χ3v) is 2.96. The van der Waals surface area contributed by atoms with Gasteiger partial charge in [-0.25, -0.2) is 0 Å². The minimum absolute atomic E-state index is 0.0468. The predicted octanol–water partition coefficient (Wildman–Crippen LogP) is 2.26. The molecule has 2 aromatic rings. The van der Waals surface area contributed by atoms with Gasteiger partial charge in [0.1, 0.15) is 5.75 Å². The Kier molecular flexibility index (Phi) is 3.88. The van der Waals surface area contributed by atoms with Crippen LogP contribution in [0.25, 0.3) is 0 Å². The fourth-order valence-electron chi connectivity index (χ4n) is 1.98. The molecule has 1 aromatic heterocycles. The summed E-state index contributed by atoms with van der Waals surface area (Å²) in [6.45, 7) is 2.32. The van der Waals surface area contributed by atoms with Crippen LogP contribution >= 0.6 is 0 Å². The first-order valence-corrected chi connectivity index (χ1v) is 6.06. The summed E-state index contributed by atoms with van der Waals surface area (Å²) < 4.78 is 6.93. The molecule has 0 bridgehead atoms. The van der Waals surface area contributed by atoms with E-state index in [4.69, 9.17) is 4.74 Å². The molecular formula is C13H16N4O3. The second kappa shape index (κ2) is 5.60. The summed E-state index contributed by atoms with van der Waals surface area (Å²) in [6.07, 6.45) is 1.86. The van der Waals surface area contributed by atoms with Gasteiger partial charge in [0, 0.05) is 37.5 Å². The summed E-state index contributed by atoms with van der Waals surface area (Å²) >= 11 is 0. The standard InChI is InChI=1S/C13H16N4O3/c1-9-12(8-16(2)15-9)14-7-10-6-11(17(18)19)4-5-13(10)20-3/h4-6,8,14H,7H2,1-3H3. The number of anilines is 1. The first kappa shape index (κ1) is 13.9. The van der Waals surface area contributed by atoms with E-state index in [9.17, 15) is 10.1 Å². The number of nitrogens with zero attached hydrogens (tertiary/aromatic N) is 3. The molecule has 106 valence electrons. The van der Waals surface area contributed by atoms with Crippen LogP contribution in [-0.2, 0) is 13.6 Å². The van der Waals surface area contributed by atoms with Crippen LogP contribution in [0.4, 0.5) is 11.4 Å². The number of hydrogen-bond acceptors (Lipinski definition) is 5. The summed E-state index contributed by atoms with van der Waals surface area (Å²) in [5.41, 5.74) is 2.54. The van der Waals surface area contributed by atoms with Crippen LogP contribution in [0, 0.1) is 17.0 Å². The van der Waals surface area contributed by atoms with Gasteiger partial charge in [-0.2, -0.15) is 5.10 Å². The maximum Gasteiger partial charge on any atom is 0.270 e. The number of rotatable bonds is 5. The monoisotopic (exact) mass is 276 g/mol. The topological polar surface area (TPSA) is 82.2 Å². The van der Waals surface area contributed by atoms with E-state index in [0.29, 0.717) is 12.3 Å². The van der Waals surface area contributed by atoms with Gasteiger partial charge < -0.3 is 10.1 Å². The SMILES string of the molecule is COc1ccc([N+](=O)[O-])cc1CNc1cn(C)nc1C. The van der Waals surface area contributed by atoms with Gasteiger partial charge in [-0.1, -0.05) is 0 Å². The lowest BCUT2D eigenvalue weighted by molar-refractivity contribution is -0.384. The number of benzene rings is 1. The number of ether oxygens (including phenoxy) is 1. The van der Waals surface area contributed by atoms with Crippen molar-refractivity contribution in [2.24, 2.45) is 7.05 Å². The van der Waals surface area contributed by atoms with Crippen molar-refractivity contribution in [1.29, 1.82) is 0 Å². The number of nitro benzene ring substituents is 1. The molecule has 7 nitrogen and oxygen atoms in total. The minimum Gasteiger partial charge on any atom is -0.496 e. The Labute approximate surface area is 116 Å². The van der Waals surface area contributed by atoms with Gasteiger partial charge in [-0.05, 0) is 13.0 Å². The number of aryl methyl sites for hydroxylation is 2. The number of non-ortho nitro benzene ring substituents is 1. The van der Waals surface area contributed by atoms with Crippen molar-refractivity contribution in [1.82, 2.24) is 9.78 Å². The largest absolute Gasteiger partial charge is 0.496 e. The van der Waals surface area contributed by atoms with Gasteiger partial charge in [0.05, 0.1) is 23.4 Å². The fourth-order valence-corrected chi connectivity index (χ4v) is 1.98. The zero-order chi connectivity index (χ0) is 14.7. The average Bonchev–Trinajstić information content (AvgIpc) is 2.74. The lowest BCUT2D eigenvalue weighted by atomic mass is 10.1. The highest BCUT2D eigenvalue weighted by atomic mass is 16.6.